The van der Waals surface area contributed by atoms with Crippen LogP contribution >= 0.6 is 11.6 Å². The molecule has 2 fully saturated rings. The molecule has 2 aliphatic rings. The summed E-state index contributed by atoms with van der Waals surface area (Å²) in [6.45, 7) is 16.8. The fraction of sp³-hybridized carbons (Fsp3) is 0.750. The number of halogens is 1. The Morgan fingerprint density at radius 3 is 2.46 bits per heavy atom. The number of aromatic nitrogens is 1. The normalized spacial score (nSPS) is 37.1. The molecule has 2 saturated heterocycles. The van der Waals surface area contributed by atoms with Gasteiger partial charge in [0.15, 0.2) is 6.29 Å². The van der Waals surface area contributed by atoms with Crippen molar-refractivity contribution >= 4 is 40.1 Å². The first-order chi connectivity index (χ1) is 27.6. The van der Waals surface area contributed by atoms with Gasteiger partial charge in [0.1, 0.15) is 23.9 Å². The number of anilines is 1. The lowest BCUT2D eigenvalue weighted by molar-refractivity contribution is -0.306. The standard InChI is InChI=1S/C44H71ClN4O10/c1-13-36-44(9,54)40(57-30(7)50)29(6)49(12)24-25(2)23-43(8,53)39(27(4)37(51)28(5)41(52)58-36)59-42-38(35(48(10)11)21-26(3)56-42)55-20-14-18-46-33-17-19-47-34-22-31(45)15-16-32(33)34/h15-17,19,22,25-29,35-40,42,51,53-54H,13-14,18,20-21,23-24H2,1-12H3,(H,46,47)/t25-,26-,27+,28-,29-,35+,36-,37+,38-,39-,40-,42+,43-,44-/m1/s1. The number of nitrogens with one attached hydrogen (secondary N) is 1. The van der Waals surface area contributed by atoms with Gasteiger partial charge >= 0.3 is 11.9 Å². The second-order valence-corrected chi connectivity index (χ2v) is 18.3. The zero-order valence-corrected chi connectivity index (χ0v) is 37.9. The fourth-order valence-corrected chi connectivity index (χ4v) is 9.24. The van der Waals surface area contributed by atoms with Gasteiger partial charge in [-0.15, -0.1) is 0 Å². The number of cyclic esters (lactones) is 1. The molecule has 0 unspecified atom stereocenters. The zero-order chi connectivity index (χ0) is 44.0. The van der Waals surface area contributed by atoms with E-state index >= 15 is 0 Å². The number of pyridine rings is 1. The van der Waals surface area contributed by atoms with Gasteiger partial charge in [-0.25, -0.2) is 0 Å². The molecule has 59 heavy (non-hydrogen) atoms. The van der Waals surface area contributed by atoms with Gasteiger partial charge in [0.2, 0.25) is 0 Å². The SMILES string of the molecule is CC[C@H]1OC(=O)[C@H](C)[C@@H](O)[C@H](C)[C@@H](O[C@@H]2O[C@H](C)C[C@H](N(C)C)[C@H]2OCCCNc2ccnc3cc(Cl)ccc23)[C@](C)(O)C[C@@H](C)CN(C)[C@H](C)[C@@H](OC(C)=O)[C@]1(C)O. The molecule has 2 aromatic rings. The Balaban J connectivity index is 1.62. The molecule has 334 valence electrons. The van der Waals surface area contributed by atoms with Gasteiger partial charge in [0.25, 0.3) is 0 Å². The molecule has 0 radical (unpaired) electrons. The zero-order valence-electron chi connectivity index (χ0n) is 37.2. The Morgan fingerprint density at radius 2 is 1.81 bits per heavy atom. The van der Waals surface area contributed by atoms with Gasteiger partial charge in [-0.1, -0.05) is 32.4 Å². The number of hydrogen-bond acceptors (Lipinski definition) is 14. The molecule has 15 heteroatoms. The van der Waals surface area contributed by atoms with E-state index in [1.165, 1.54) is 13.8 Å². The minimum absolute atomic E-state index is 0.0927. The molecule has 0 bridgehead atoms. The summed E-state index contributed by atoms with van der Waals surface area (Å²) >= 11 is 6.19. The number of carbonyl (C=O) groups is 2. The van der Waals surface area contributed by atoms with Gasteiger partial charge in [-0.3, -0.25) is 19.5 Å². The van der Waals surface area contributed by atoms with Crippen molar-refractivity contribution < 1.29 is 48.6 Å². The summed E-state index contributed by atoms with van der Waals surface area (Å²) in [7, 11) is 5.84. The maximum Gasteiger partial charge on any atom is 0.311 e. The third kappa shape index (κ3) is 12.3. The van der Waals surface area contributed by atoms with Crippen LogP contribution in [0, 0.1) is 17.8 Å². The van der Waals surface area contributed by atoms with Crippen molar-refractivity contribution in [2.45, 2.75) is 154 Å². The molecule has 14 nitrogen and oxygen atoms in total. The topological polar surface area (TPSA) is 172 Å². The molecule has 1 aromatic carbocycles. The second kappa shape index (κ2) is 20.9. The van der Waals surface area contributed by atoms with Crippen molar-refractivity contribution in [3.05, 3.63) is 35.5 Å². The number of benzene rings is 1. The number of hydrogen-bond donors (Lipinski definition) is 4. The van der Waals surface area contributed by atoms with Crippen LogP contribution in [-0.4, -0.2) is 149 Å². The highest BCUT2D eigenvalue weighted by atomic mass is 35.5. The van der Waals surface area contributed by atoms with Gasteiger partial charge in [-0.2, -0.15) is 0 Å². The van der Waals surface area contributed by atoms with Crippen LogP contribution in [0.5, 0.6) is 0 Å². The average Bonchev–Trinajstić information content (AvgIpc) is 3.15. The molecular weight excluding hydrogens is 780 g/mol. The number of carbonyl (C=O) groups excluding carboxylic acids is 2. The number of likely N-dealkylation sites (N-methyl/N-ethyl adjacent to an activating group) is 2. The van der Waals surface area contributed by atoms with Crippen LogP contribution in [0.3, 0.4) is 0 Å². The largest absolute Gasteiger partial charge is 0.459 e. The maximum absolute atomic E-state index is 13.8. The first-order valence-electron chi connectivity index (χ1n) is 21.2. The highest BCUT2D eigenvalue weighted by Crippen LogP contribution is 2.38. The Labute approximate surface area is 356 Å². The van der Waals surface area contributed by atoms with Crippen LogP contribution in [0.15, 0.2) is 30.5 Å². The third-order valence-electron chi connectivity index (χ3n) is 12.3. The van der Waals surface area contributed by atoms with Crippen LogP contribution in [0.4, 0.5) is 5.69 Å². The summed E-state index contributed by atoms with van der Waals surface area (Å²) in [6.07, 6.45) is -2.61. The van der Waals surface area contributed by atoms with E-state index in [0.717, 1.165) is 16.6 Å². The monoisotopic (exact) mass is 850 g/mol. The minimum Gasteiger partial charge on any atom is -0.459 e. The molecule has 0 aliphatic carbocycles. The molecule has 3 heterocycles. The van der Waals surface area contributed by atoms with Crippen molar-refractivity contribution in [1.82, 2.24) is 14.8 Å². The van der Waals surface area contributed by atoms with Crippen LogP contribution in [0.25, 0.3) is 10.9 Å². The summed E-state index contributed by atoms with van der Waals surface area (Å²) in [6, 6.07) is 6.95. The lowest BCUT2D eigenvalue weighted by Gasteiger charge is -2.48. The second-order valence-electron chi connectivity index (χ2n) is 17.8. The van der Waals surface area contributed by atoms with Gasteiger partial charge in [0.05, 0.1) is 35.3 Å². The van der Waals surface area contributed by atoms with E-state index in [2.05, 4.69) is 15.2 Å². The van der Waals surface area contributed by atoms with E-state index in [9.17, 15) is 24.9 Å². The highest BCUT2D eigenvalue weighted by molar-refractivity contribution is 6.31. The van der Waals surface area contributed by atoms with Crippen molar-refractivity contribution in [3.8, 4) is 0 Å². The number of rotatable bonds is 11. The quantitative estimate of drug-likeness (QED) is 0.170. The lowest BCUT2D eigenvalue weighted by atomic mass is 9.78. The number of esters is 2. The van der Waals surface area contributed by atoms with E-state index in [1.807, 2.05) is 71.1 Å². The molecule has 0 amide bonds. The fourth-order valence-electron chi connectivity index (χ4n) is 9.07. The Hall–Kier alpha value is -2.66. The Morgan fingerprint density at radius 1 is 1.12 bits per heavy atom. The van der Waals surface area contributed by atoms with E-state index in [4.69, 9.17) is 35.3 Å². The smallest absolute Gasteiger partial charge is 0.311 e. The first kappa shape index (κ1) is 49.0. The highest BCUT2D eigenvalue weighted by Gasteiger charge is 2.51. The summed E-state index contributed by atoms with van der Waals surface area (Å²) in [5.74, 6) is -3.35. The first-order valence-corrected chi connectivity index (χ1v) is 21.5. The number of aliphatic hydroxyl groups is 3. The predicted molar refractivity (Wildman–Crippen MR) is 228 cm³/mol. The molecule has 1 aromatic heterocycles. The van der Waals surface area contributed by atoms with Crippen LogP contribution in [-0.2, 0) is 33.3 Å². The molecule has 0 spiro atoms. The summed E-state index contributed by atoms with van der Waals surface area (Å²) < 4.78 is 31.7. The summed E-state index contributed by atoms with van der Waals surface area (Å²) in [4.78, 5) is 34.7. The third-order valence-corrected chi connectivity index (χ3v) is 12.6. The van der Waals surface area contributed by atoms with Crippen LogP contribution < -0.4 is 5.32 Å². The van der Waals surface area contributed by atoms with Gasteiger partial charge in [-0.05, 0) is 112 Å². The number of fused-ring (bicyclic) bond motifs is 1. The molecule has 14 atom stereocenters. The van der Waals surface area contributed by atoms with Gasteiger partial charge < -0.3 is 49.2 Å². The summed E-state index contributed by atoms with van der Waals surface area (Å²) in [5, 5.41) is 41.5. The van der Waals surface area contributed by atoms with Crippen LogP contribution in [0.2, 0.25) is 5.02 Å². The molecule has 4 N–H and O–H groups in total. The number of aliphatic hydroxyl groups excluding tert-OH is 1. The summed E-state index contributed by atoms with van der Waals surface area (Å²) in [5.41, 5.74) is -1.56. The molecule has 0 saturated carbocycles. The van der Waals surface area contributed by atoms with E-state index < -0.39 is 77.8 Å². The average molecular weight is 852 g/mol. The van der Waals surface area contributed by atoms with E-state index in [0.29, 0.717) is 37.6 Å². The number of nitrogens with zero attached hydrogens (tertiary/aromatic N) is 3. The molecule has 4 rings (SSSR count). The van der Waals surface area contributed by atoms with E-state index in [-0.39, 0.29) is 30.9 Å². The minimum atomic E-state index is -1.77. The Kier molecular flexibility index (Phi) is 17.4. The van der Waals surface area contributed by atoms with Gasteiger partial charge in [0, 0.05) is 66.9 Å². The lowest BCUT2D eigenvalue weighted by Crippen LogP contribution is -2.60. The van der Waals surface area contributed by atoms with Crippen LogP contribution in [0.1, 0.15) is 88.0 Å². The molecular formula is C44H71ClN4O10. The molecule has 2 aliphatic heterocycles. The predicted octanol–water partition coefficient (Wildman–Crippen LogP) is 5.27. The van der Waals surface area contributed by atoms with Crippen molar-refractivity contribution in [3.63, 3.8) is 0 Å². The number of ether oxygens (including phenoxy) is 5. The maximum atomic E-state index is 13.8. The van der Waals surface area contributed by atoms with Crippen molar-refractivity contribution in [2.24, 2.45) is 17.8 Å². The van der Waals surface area contributed by atoms with Crippen molar-refractivity contribution in [1.29, 1.82) is 0 Å². The van der Waals surface area contributed by atoms with E-state index in [1.54, 1.807) is 33.9 Å². The van der Waals surface area contributed by atoms with Crippen molar-refractivity contribution in [2.75, 3.05) is 46.2 Å². The Bertz CT molecular complexity index is 1680.